The monoisotopic (exact) mass is 412 g/mol. The lowest BCUT2D eigenvalue weighted by atomic mass is 10.2. The number of nitrogens with one attached hydrogen (secondary N) is 1. The van der Waals surface area contributed by atoms with Crippen molar-refractivity contribution in [3.05, 3.63) is 49.2 Å². The molecular formula is C15H13IN2O2S. The van der Waals surface area contributed by atoms with E-state index in [0.29, 0.717) is 22.2 Å². The van der Waals surface area contributed by atoms with E-state index in [9.17, 15) is 9.90 Å². The molecule has 108 valence electrons. The second kappa shape index (κ2) is 7.45. The first-order chi connectivity index (χ1) is 10.1. The molecule has 0 fully saturated rings. The Balaban J connectivity index is 2.04. The van der Waals surface area contributed by atoms with Crippen molar-refractivity contribution in [1.29, 1.82) is 0 Å². The van der Waals surface area contributed by atoms with E-state index in [2.05, 4.69) is 17.2 Å². The standard InChI is InChI=1S/C15H13IN2O2S/c16-12-4-3-11(8-13(12)19)15(20)18-9-14-10(2-1-6-17)5-7-21-14/h3-5,7-8,19H,6,9,17H2,(H,18,20). The number of halogens is 1. The number of benzene rings is 1. The van der Waals surface area contributed by atoms with Gasteiger partial charge in [-0.15, -0.1) is 11.3 Å². The molecule has 0 aliphatic heterocycles. The lowest BCUT2D eigenvalue weighted by Gasteiger charge is -2.05. The summed E-state index contributed by atoms with van der Waals surface area (Å²) in [5, 5.41) is 14.4. The van der Waals surface area contributed by atoms with E-state index >= 15 is 0 Å². The molecule has 1 aromatic carbocycles. The Morgan fingerprint density at radius 3 is 2.95 bits per heavy atom. The Kier molecular flexibility index (Phi) is 5.61. The van der Waals surface area contributed by atoms with Crippen LogP contribution in [0.25, 0.3) is 0 Å². The number of rotatable bonds is 3. The van der Waals surface area contributed by atoms with Crippen molar-refractivity contribution in [2.75, 3.05) is 6.54 Å². The topological polar surface area (TPSA) is 75.3 Å². The summed E-state index contributed by atoms with van der Waals surface area (Å²) >= 11 is 3.54. The summed E-state index contributed by atoms with van der Waals surface area (Å²) in [6, 6.07) is 6.75. The first-order valence-electron chi connectivity index (χ1n) is 6.14. The maximum atomic E-state index is 12.1. The normalized spacial score (nSPS) is 9.81. The van der Waals surface area contributed by atoms with Crippen LogP contribution in [0.15, 0.2) is 29.6 Å². The highest BCUT2D eigenvalue weighted by atomic mass is 127. The first kappa shape index (κ1) is 15.8. The molecular weight excluding hydrogens is 399 g/mol. The third-order valence-corrected chi connectivity index (χ3v) is 4.52. The first-order valence-corrected chi connectivity index (χ1v) is 8.09. The van der Waals surface area contributed by atoms with E-state index in [0.717, 1.165) is 10.4 Å². The van der Waals surface area contributed by atoms with Gasteiger partial charge in [-0.2, -0.15) is 0 Å². The molecule has 0 aliphatic rings. The molecule has 6 heteroatoms. The van der Waals surface area contributed by atoms with Gasteiger partial charge in [0.15, 0.2) is 0 Å². The Hall–Kier alpha value is -1.56. The van der Waals surface area contributed by atoms with Crippen molar-refractivity contribution < 1.29 is 9.90 Å². The van der Waals surface area contributed by atoms with Crippen molar-refractivity contribution in [3.8, 4) is 17.6 Å². The molecule has 2 aromatic rings. The van der Waals surface area contributed by atoms with Gasteiger partial charge in [-0.25, -0.2) is 0 Å². The van der Waals surface area contributed by atoms with Crippen molar-refractivity contribution in [3.63, 3.8) is 0 Å². The number of phenolic OH excluding ortho intramolecular Hbond substituents is 1. The van der Waals surface area contributed by atoms with Crippen molar-refractivity contribution in [2.24, 2.45) is 5.73 Å². The van der Waals surface area contributed by atoms with Gasteiger partial charge >= 0.3 is 0 Å². The summed E-state index contributed by atoms with van der Waals surface area (Å²) in [5.41, 5.74) is 6.67. The van der Waals surface area contributed by atoms with Gasteiger partial charge in [-0.05, 0) is 52.2 Å². The van der Waals surface area contributed by atoms with E-state index in [1.165, 1.54) is 17.4 Å². The Bertz CT molecular complexity index is 716. The molecule has 2 rings (SSSR count). The summed E-state index contributed by atoms with van der Waals surface area (Å²) in [6.07, 6.45) is 0. The van der Waals surface area contributed by atoms with Crippen LogP contribution in [0.1, 0.15) is 20.8 Å². The maximum Gasteiger partial charge on any atom is 0.251 e. The van der Waals surface area contributed by atoms with E-state index in [4.69, 9.17) is 5.73 Å². The van der Waals surface area contributed by atoms with Crippen LogP contribution >= 0.6 is 33.9 Å². The second-order valence-electron chi connectivity index (χ2n) is 4.11. The SMILES string of the molecule is NCC#Cc1ccsc1CNC(=O)c1ccc(I)c(O)c1. The lowest BCUT2D eigenvalue weighted by Crippen LogP contribution is -2.22. The average molecular weight is 412 g/mol. The van der Waals surface area contributed by atoms with Crippen molar-refractivity contribution >= 4 is 39.8 Å². The average Bonchev–Trinajstić information content (AvgIpc) is 2.92. The van der Waals surface area contributed by atoms with Gasteiger partial charge in [0, 0.05) is 16.0 Å². The Morgan fingerprint density at radius 2 is 2.24 bits per heavy atom. The summed E-state index contributed by atoms with van der Waals surface area (Å²) in [7, 11) is 0. The molecule has 1 heterocycles. The van der Waals surface area contributed by atoms with Crippen LogP contribution < -0.4 is 11.1 Å². The third-order valence-electron chi connectivity index (χ3n) is 2.69. The minimum Gasteiger partial charge on any atom is -0.507 e. The highest BCUT2D eigenvalue weighted by molar-refractivity contribution is 14.1. The van der Waals surface area contributed by atoms with Crippen molar-refractivity contribution in [2.45, 2.75) is 6.54 Å². The van der Waals surface area contributed by atoms with Crippen LogP contribution in [0.3, 0.4) is 0 Å². The molecule has 0 saturated heterocycles. The zero-order valence-electron chi connectivity index (χ0n) is 11.0. The highest BCUT2D eigenvalue weighted by Gasteiger charge is 2.09. The quantitative estimate of drug-likeness (QED) is 0.535. The number of nitrogens with two attached hydrogens (primary N) is 1. The molecule has 0 unspecified atom stereocenters. The van der Waals surface area contributed by atoms with E-state index in [-0.39, 0.29) is 11.7 Å². The van der Waals surface area contributed by atoms with Crippen LogP contribution in [0, 0.1) is 15.4 Å². The number of phenols is 1. The molecule has 4 N–H and O–H groups in total. The second-order valence-corrected chi connectivity index (χ2v) is 6.28. The molecule has 4 nitrogen and oxygen atoms in total. The summed E-state index contributed by atoms with van der Waals surface area (Å²) in [6.45, 7) is 0.710. The van der Waals surface area contributed by atoms with Gasteiger partial charge < -0.3 is 16.2 Å². The van der Waals surface area contributed by atoms with Crippen LogP contribution in [-0.2, 0) is 6.54 Å². The largest absolute Gasteiger partial charge is 0.507 e. The fourth-order valence-electron chi connectivity index (χ4n) is 1.65. The molecule has 0 spiro atoms. The summed E-state index contributed by atoms with van der Waals surface area (Å²) < 4.78 is 0.710. The van der Waals surface area contributed by atoms with Gasteiger partial charge in [0.1, 0.15) is 5.75 Å². The zero-order valence-corrected chi connectivity index (χ0v) is 14.0. The fraction of sp³-hybridized carbons (Fsp3) is 0.133. The molecule has 0 aliphatic carbocycles. The minimum atomic E-state index is -0.229. The molecule has 1 amide bonds. The van der Waals surface area contributed by atoms with Crippen LogP contribution in [0.5, 0.6) is 5.75 Å². The number of carbonyl (C=O) groups is 1. The Labute approximate surface area is 140 Å². The smallest absolute Gasteiger partial charge is 0.251 e. The molecule has 21 heavy (non-hydrogen) atoms. The summed E-state index contributed by atoms with van der Waals surface area (Å²) in [5.74, 6) is 5.65. The van der Waals surface area contributed by atoms with E-state index < -0.39 is 0 Å². The summed E-state index contributed by atoms with van der Waals surface area (Å²) in [4.78, 5) is 13.0. The molecule has 0 radical (unpaired) electrons. The lowest BCUT2D eigenvalue weighted by molar-refractivity contribution is 0.0951. The fourth-order valence-corrected chi connectivity index (χ4v) is 2.76. The number of hydrogen-bond donors (Lipinski definition) is 3. The van der Waals surface area contributed by atoms with Gasteiger partial charge in [0.05, 0.1) is 16.7 Å². The van der Waals surface area contributed by atoms with Gasteiger partial charge in [-0.1, -0.05) is 11.8 Å². The number of carbonyl (C=O) groups excluding carboxylic acids is 1. The predicted octanol–water partition coefficient (Wildman–Crippen LogP) is 2.30. The molecule has 1 aromatic heterocycles. The predicted molar refractivity (Wildman–Crippen MR) is 92.2 cm³/mol. The van der Waals surface area contributed by atoms with E-state index in [1.807, 2.05) is 34.0 Å². The minimum absolute atomic E-state index is 0.105. The van der Waals surface area contributed by atoms with Crippen LogP contribution in [0.2, 0.25) is 0 Å². The molecule has 0 saturated carbocycles. The van der Waals surface area contributed by atoms with Crippen LogP contribution in [0.4, 0.5) is 0 Å². The number of thiophene rings is 1. The Morgan fingerprint density at radius 1 is 1.43 bits per heavy atom. The molecule has 0 atom stereocenters. The van der Waals surface area contributed by atoms with Gasteiger partial charge in [0.25, 0.3) is 5.91 Å². The van der Waals surface area contributed by atoms with Crippen molar-refractivity contribution in [1.82, 2.24) is 5.32 Å². The van der Waals surface area contributed by atoms with Gasteiger partial charge in [-0.3, -0.25) is 4.79 Å². The number of amides is 1. The van der Waals surface area contributed by atoms with Gasteiger partial charge in [0.2, 0.25) is 0 Å². The van der Waals surface area contributed by atoms with Crippen LogP contribution in [-0.4, -0.2) is 17.6 Å². The number of aromatic hydroxyl groups is 1. The molecule has 0 bridgehead atoms. The number of hydrogen-bond acceptors (Lipinski definition) is 4. The van der Waals surface area contributed by atoms with E-state index in [1.54, 1.807) is 12.1 Å². The maximum absolute atomic E-state index is 12.1. The highest BCUT2D eigenvalue weighted by Crippen LogP contribution is 2.21. The zero-order chi connectivity index (χ0) is 15.2. The third kappa shape index (κ3) is 4.20.